The first-order valence-electron chi connectivity index (χ1n) is 10.4. The Hall–Kier alpha value is -3.77. The highest BCUT2D eigenvalue weighted by Gasteiger charge is 2.17. The summed E-state index contributed by atoms with van der Waals surface area (Å²) < 4.78 is 17.2. The first-order chi connectivity index (χ1) is 16.0. The summed E-state index contributed by atoms with van der Waals surface area (Å²) >= 11 is 6.20. The molecule has 7 heteroatoms. The van der Waals surface area contributed by atoms with E-state index in [0.717, 1.165) is 16.6 Å². The number of carboxylic acids is 1. The molecule has 1 heterocycles. The molecule has 0 aliphatic heterocycles. The number of ether oxygens (including phenoxy) is 3. The van der Waals surface area contributed by atoms with E-state index in [2.05, 4.69) is 4.98 Å². The van der Waals surface area contributed by atoms with E-state index in [1.165, 1.54) is 6.92 Å². The highest BCUT2D eigenvalue weighted by molar-refractivity contribution is 6.32. The van der Waals surface area contributed by atoms with Gasteiger partial charge in [0.1, 0.15) is 30.5 Å². The maximum absolute atomic E-state index is 11.1. The van der Waals surface area contributed by atoms with Gasteiger partial charge in [0.2, 0.25) is 0 Å². The zero-order valence-electron chi connectivity index (χ0n) is 17.9. The molecule has 4 aromatic rings. The predicted molar refractivity (Wildman–Crippen MR) is 126 cm³/mol. The molecule has 0 saturated carbocycles. The largest absolute Gasteiger partial charge is 0.489 e. The normalized spacial score (nSPS) is 11.7. The molecule has 0 aliphatic carbocycles. The van der Waals surface area contributed by atoms with Crippen molar-refractivity contribution in [2.24, 2.45) is 0 Å². The van der Waals surface area contributed by atoms with Crippen LogP contribution in [0, 0.1) is 0 Å². The van der Waals surface area contributed by atoms with Crippen molar-refractivity contribution in [3.63, 3.8) is 0 Å². The summed E-state index contributed by atoms with van der Waals surface area (Å²) in [5.74, 6) is 0.552. The van der Waals surface area contributed by atoms with E-state index in [1.54, 1.807) is 30.3 Å². The highest BCUT2D eigenvalue weighted by Crippen LogP contribution is 2.31. The Morgan fingerprint density at radius 1 is 0.909 bits per heavy atom. The van der Waals surface area contributed by atoms with Gasteiger partial charge >= 0.3 is 5.97 Å². The molecule has 0 spiro atoms. The predicted octanol–water partition coefficient (Wildman–Crippen LogP) is 5.90. The smallest absolute Gasteiger partial charge is 0.344 e. The standard InChI is InChI=1S/C26H22ClNO5/c1-17(26(29)30)33-25-19(6-4-7-23(25)27)15-31-21-11-13-22(14-12-21)32-16-20-10-9-18-5-2-3-8-24(18)28-20/h2-14,17H,15-16H2,1H3,(H,29,30). The lowest BCUT2D eigenvalue weighted by atomic mass is 10.2. The number of pyridine rings is 1. The Morgan fingerprint density at radius 3 is 2.33 bits per heavy atom. The second kappa shape index (κ2) is 10.2. The summed E-state index contributed by atoms with van der Waals surface area (Å²) in [6.45, 7) is 1.97. The van der Waals surface area contributed by atoms with E-state index in [9.17, 15) is 4.79 Å². The van der Waals surface area contributed by atoms with Gasteiger partial charge in [-0.3, -0.25) is 0 Å². The van der Waals surface area contributed by atoms with Crippen molar-refractivity contribution in [1.82, 2.24) is 4.98 Å². The quantitative estimate of drug-likeness (QED) is 0.333. The third-order valence-electron chi connectivity index (χ3n) is 4.95. The number of fused-ring (bicyclic) bond motifs is 1. The van der Waals surface area contributed by atoms with Gasteiger partial charge in [-0.05, 0) is 49.4 Å². The fourth-order valence-electron chi connectivity index (χ4n) is 3.17. The van der Waals surface area contributed by atoms with Crippen LogP contribution >= 0.6 is 11.6 Å². The Kier molecular flexibility index (Phi) is 6.95. The third kappa shape index (κ3) is 5.73. The maximum Gasteiger partial charge on any atom is 0.344 e. The number of halogens is 1. The number of rotatable bonds is 9. The zero-order chi connectivity index (χ0) is 23.2. The number of aromatic nitrogens is 1. The van der Waals surface area contributed by atoms with Crippen molar-refractivity contribution in [2.75, 3.05) is 0 Å². The van der Waals surface area contributed by atoms with Crippen molar-refractivity contribution >= 4 is 28.5 Å². The van der Waals surface area contributed by atoms with Gasteiger partial charge in [-0.15, -0.1) is 0 Å². The zero-order valence-corrected chi connectivity index (χ0v) is 18.7. The summed E-state index contributed by atoms with van der Waals surface area (Å²) in [6, 6.07) is 24.4. The van der Waals surface area contributed by atoms with Crippen LogP contribution in [0.2, 0.25) is 5.02 Å². The lowest BCUT2D eigenvalue weighted by Gasteiger charge is -2.16. The van der Waals surface area contributed by atoms with Crippen LogP contribution in [0.3, 0.4) is 0 Å². The van der Waals surface area contributed by atoms with Crippen molar-refractivity contribution in [3.8, 4) is 17.2 Å². The monoisotopic (exact) mass is 463 g/mol. The molecule has 0 amide bonds. The number of hydrogen-bond acceptors (Lipinski definition) is 5. The number of hydrogen-bond donors (Lipinski definition) is 1. The number of benzene rings is 3. The second-order valence-electron chi connectivity index (χ2n) is 7.37. The molecule has 1 N–H and O–H groups in total. The molecule has 1 aromatic heterocycles. The molecule has 0 bridgehead atoms. The van der Waals surface area contributed by atoms with Crippen LogP contribution in [-0.2, 0) is 18.0 Å². The van der Waals surface area contributed by atoms with Gasteiger partial charge in [0, 0.05) is 10.9 Å². The van der Waals surface area contributed by atoms with Gasteiger partial charge in [-0.1, -0.05) is 48.0 Å². The average molecular weight is 464 g/mol. The molecule has 168 valence electrons. The van der Waals surface area contributed by atoms with Gasteiger partial charge in [-0.25, -0.2) is 9.78 Å². The molecule has 0 fully saturated rings. The van der Waals surface area contributed by atoms with Crippen LogP contribution in [0.4, 0.5) is 0 Å². The molecule has 0 radical (unpaired) electrons. The van der Waals surface area contributed by atoms with Gasteiger partial charge in [0.15, 0.2) is 6.10 Å². The molecule has 33 heavy (non-hydrogen) atoms. The van der Waals surface area contributed by atoms with E-state index in [4.69, 9.17) is 30.9 Å². The molecule has 0 saturated heterocycles. The molecular formula is C26H22ClNO5. The summed E-state index contributed by atoms with van der Waals surface area (Å²) in [7, 11) is 0. The summed E-state index contributed by atoms with van der Waals surface area (Å²) in [5, 5.41) is 10.5. The van der Waals surface area contributed by atoms with Gasteiger partial charge in [0.05, 0.1) is 16.2 Å². The fraction of sp³-hybridized carbons (Fsp3) is 0.154. The number of carboxylic acid groups (broad SMARTS) is 1. The second-order valence-corrected chi connectivity index (χ2v) is 7.78. The molecule has 6 nitrogen and oxygen atoms in total. The first kappa shape index (κ1) is 22.4. The number of para-hydroxylation sites is 2. The van der Waals surface area contributed by atoms with Crippen molar-refractivity contribution in [2.45, 2.75) is 26.2 Å². The van der Waals surface area contributed by atoms with Gasteiger partial charge in [0.25, 0.3) is 0 Å². The van der Waals surface area contributed by atoms with Crippen LogP contribution in [0.1, 0.15) is 18.2 Å². The number of aliphatic carboxylic acids is 1. The molecule has 3 aromatic carbocycles. The minimum absolute atomic E-state index is 0.170. The Morgan fingerprint density at radius 2 is 1.61 bits per heavy atom. The molecule has 1 unspecified atom stereocenters. The Labute approximate surface area is 196 Å². The van der Waals surface area contributed by atoms with Crippen LogP contribution in [0.15, 0.2) is 78.9 Å². The van der Waals surface area contributed by atoms with E-state index in [1.807, 2.05) is 48.5 Å². The van der Waals surface area contributed by atoms with E-state index in [0.29, 0.717) is 34.4 Å². The first-order valence-corrected chi connectivity index (χ1v) is 10.7. The fourth-order valence-corrected chi connectivity index (χ4v) is 3.40. The van der Waals surface area contributed by atoms with E-state index >= 15 is 0 Å². The Balaban J connectivity index is 1.36. The third-order valence-corrected chi connectivity index (χ3v) is 5.25. The molecule has 1 atom stereocenters. The van der Waals surface area contributed by atoms with E-state index < -0.39 is 12.1 Å². The van der Waals surface area contributed by atoms with Crippen molar-refractivity contribution in [3.05, 3.63) is 95.1 Å². The van der Waals surface area contributed by atoms with Crippen LogP contribution in [-0.4, -0.2) is 22.2 Å². The van der Waals surface area contributed by atoms with E-state index in [-0.39, 0.29) is 6.61 Å². The Bertz CT molecular complexity index is 1260. The van der Waals surface area contributed by atoms with Crippen molar-refractivity contribution in [1.29, 1.82) is 0 Å². The lowest BCUT2D eigenvalue weighted by Crippen LogP contribution is -2.23. The summed E-state index contributed by atoms with van der Waals surface area (Å²) in [5.41, 5.74) is 2.43. The number of carbonyl (C=O) groups is 1. The minimum Gasteiger partial charge on any atom is -0.489 e. The maximum atomic E-state index is 11.1. The van der Waals surface area contributed by atoms with Crippen LogP contribution < -0.4 is 14.2 Å². The van der Waals surface area contributed by atoms with Gasteiger partial charge in [-0.2, -0.15) is 0 Å². The van der Waals surface area contributed by atoms with Crippen molar-refractivity contribution < 1.29 is 24.1 Å². The highest BCUT2D eigenvalue weighted by atomic mass is 35.5. The molecule has 0 aliphatic rings. The van der Waals surface area contributed by atoms with Crippen LogP contribution in [0.25, 0.3) is 10.9 Å². The SMILES string of the molecule is CC(Oc1c(Cl)cccc1COc1ccc(OCc2ccc3ccccc3n2)cc1)C(=O)O. The summed E-state index contributed by atoms with van der Waals surface area (Å²) in [6.07, 6.45) is -1.03. The lowest BCUT2D eigenvalue weighted by molar-refractivity contribution is -0.144. The molecule has 4 rings (SSSR count). The topological polar surface area (TPSA) is 77.9 Å². The van der Waals surface area contributed by atoms with Crippen LogP contribution in [0.5, 0.6) is 17.2 Å². The van der Waals surface area contributed by atoms with Gasteiger partial charge < -0.3 is 19.3 Å². The summed E-state index contributed by atoms with van der Waals surface area (Å²) in [4.78, 5) is 15.7. The number of nitrogens with zero attached hydrogens (tertiary/aromatic N) is 1. The molecular weight excluding hydrogens is 442 g/mol. The minimum atomic E-state index is -1.07. The average Bonchev–Trinajstić information content (AvgIpc) is 2.83.